The van der Waals surface area contributed by atoms with E-state index in [1.807, 2.05) is 18.2 Å². The molecule has 2 N–H and O–H groups in total. The Kier molecular flexibility index (Phi) is 4.74. The molecule has 2 aliphatic heterocycles. The van der Waals surface area contributed by atoms with Crippen molar-refractivity contribution in [1.82, 2.24) is 5.32 Å². The van der Waals surface area contributed by atoms with Crippen LogP contribution in [0.5, 0.6) is 0 Å². The smallest absolute Gasteiger partial charge is 0.339 e. The zero-order chi connectivity index (χ0) is 18.1. The Bertz CT molecular complexity index is 833. The van der Waals surface area contributed by atoms with Crippen LogP contribution in [-0.4, -0.2) is 35.2 Å². The first-order valence-corrected chi connectivity index (χ1v) is 9.58. The van der Waals surface area contributed by atoms with Crippen LogP contribution in [0.1, 0.15) is 45.7 Å². The van der Waals surface area contributed by atoms with E-state index in [1.165, 1.54) is 24.1 Å². The second-order valence-corrected chi connectivity index (χ2v) is 7.55. The Hall–Kier alpha value is -2.25. The second-order valence-electron chi connectivity index (χ2n) is 6.54. The number of aromatic carboxylic acids is 1. The number of carboxylic acid groups (broad SMARTS) is 1. The molecule has 2 bridgehead atoms. The number of hydrogen-bond donors (Lipinski definition) is 2. The van der Waals surface area contributed by atoms with Crippen LogP contribution in [0.15, 0.2) is 45.9 Å². The molecule has 3 unspecified atom stereocenters. The van der Waals surface area contributed by atoms with Gasteiger partial charge in [0.2, 0.25) is 0 Å². The van der Waals surface area contributed by atoms with Crippen LogP contribution in [0.2, 0.25) is 0 Å². The number of carboxylic acids is 1. The molecule has 0 saturated carbocycles. The summed E-state index contributed by atoms with van der Waals surface area (Å²) in [5.74, 6) is -0.404. The molecule has 1 aromatic heterocycles. The number of carbonyl (C=O) groups is 2. The third kappa shape index (κ3) is 3.37. The van der Waals surface area contributed by atoms with Gasteiger partial charge in [-0.2, -0.15) is 0 Å². The second kappa shape index (κ2) is 7.17. The molecule has 3 atom stereocenters. The zero-order valence-corrected chi connectivity index (χ0v) is 14.8. The molecule has 2 aliphatic rings. The lowest BCUT2D eigenvalue weighted by molar-refractivity contribution is 0.0694. The average molecular weight is 373 g/mol. The van der Waals surface area contributed by atoms with E-state index < -0.39 is 5.97 Å². The van der Waals surface area contributed by atoms with Gasteiger partial charge in [0.1, 0.15) is 11.3 Å². The zero-order valence-electron chi connectivity index (χ0n) is 14.0. The molecule has 2 fully saturated rings. The topological polar surface area (TPSA) is 88.8 Å². The SMILES string of the molecule is O=C(NC1CC2CCC1O2)c1ccccc1SCc1occc1C(=O)O. The van der Waals surface area contributed by atoms with Gasteiger partial charge in [-0.3, -0.25) is 4.79 Å². The Labute approximate surface area is 154 Å². The fourth-order valence-corrected chi connectivity index (χ4v) is 4.60. The van der Waals surface area contributed by atoms with Crippen molar-refractivity contribution in [3.8, 4) is 0 Å². The minimum absolute atomic E-state index is 0.0722. The Morgan fingerprint density at radius 2 is 2.04 bits per heavy atom. The number of rotatable bonds is 6. The Morgan fingerprint density at radius 3 is 2.77 bits per heavy atom. The quantitative estimate of drug-likeness (QED) is 0.755. The summed E-state index contributed by atoms with van der Waals surface area (Å²) in [6.45, 7) is 0. The van der Waals surface area contributed by atoms with Gasteiger partial charge < -0.3 is 19.6 Å². The molecule has 136 valence electrons. The number of thioether (sulfide) groups is 1. The third-order valence-electron chi connectivity index (χ3n) is 4.89. The van der Waals surface area contributed by atoms with Crippen molar-refractivity contribution in [3.05, 3.63) is 53.5 Å². The van der Waals surface area contributed by atoms with Gasteiger partial charge in [0.15, 0.2) is 0 Å². The first kappa shape index (κ1) is 17.2. The molecule has 3 heterocycles. The molecule has 6 nitrogen and oxygen atoms in total. The summed E-state index contributed by atoms with van der Waals surface area (Å²) in [5.41, 5.74) is 0.738. The number of nitrogens with one attached hydrogen (secondary N) is 1. The molecular weight excluding hydrogens is 354 g/mol. The lowest BCUT2D eigenvalue weighted by Crippen LogP contribution is -2.41. The minimum Gasteiger partial charge on any atom is -0.478 e. The molecule has 2 saturated heterocycles. The molecule has 2 aromatic rings. The van der Waals surface area contributed by atoms with E-state index in [-0.39, 0.29) is 29.7 Å². The molecule has 1 aromatic carbocycles. The number of amides is 1. The third-order valence-corrected chi connectivity index (χ3v) is 5.96. The highest BCUT2D eigenvalue weighted by Crippen LogP contribution is 2.35. The molecule has 0 radical (unpaired) electrons. The van der Waals surface area contributed by atoms with Crippen LogP contribution < -0.4 is 5.32 Å². The maximum Gasteiger partial charge on any atom is 0.339 e. The molecular formula is C19H19NO5S. The van der Waals surface area contributed by atoms with Crippen LogP contribution in [0, 0.1) is 0 Å². The molecule has 26 heavy (non-hydrogen) atoms. The summed E-state index contributed by atoms with van der Waals surface area (Å²) in [5, 5.41) is 12.3. The standard InChI is InChI=1S/C19H19NO5S/c21-18(20-14-9-11-5-6-15(14)25-11)13-3-1-2-4-17(13)26-10-16-12(19(22)23)7-8-24-16/h1-4,7-8,11,14-15H,5-6,9-10H2,(H,20,21)(H,22,23). The van der Waals surface area contributed by atoms with E-state index in [0.717, 1.165) is 24.2 Å². The highest BCUT2D eigenvalue weighted by atomic mass is 32.2. The van der Waals surface area contributed by atoms with E-state index in [2.05, 4.69) is 5.32 Å². The maximum atomic E-state index is 12.7. The van der Waals surface area contributed by atoms with Crippen LogP contribution in [0.25, 0.3) is 0 Å². The van der Waals surface area contributed by atoms with E-state index >= 15 is 0 Å². The number of fused-ring (bicyclic) bond motifs is 2. The van der Waals surface area contributed by atoms with Crippen molar-refractivity contribution in [2.45, 2.75) is 48.2 Å². The summed E-state index contributed by atoms with van der Waals surface area (Å²) in [6, 6.07) is 8.84. The fraction of sp³-hybridized carbons (Fsp3) is 0.368. The van der Waals surface area contributed by atoms with Gasteiger partial charge in [-0.15, -0.1) is 11.8 Å². The fourth-order valence-electron chi connectivity index (χ4n) is 3.60. The van der Waals surface area contributed by atoms with Crippen LogP contribution >= 0.6 is 11.8 Å². The lowest BCUT2D eigenvalue weighted by Gasteiger charge is -2.20. The van der Waals surface area contributed by atoms with Crippen LogP contribution in [0.4, 0.5) is 0 Å². The average Bonchev–Trinajstić information content (AvgIpc) is 3.36. The molecule has 1 amide bonds. The van der Waals surface area contributed by atoms with Crippen molar-refractivity contribution < 1.29 is 23.8 Å². The number of carbonyl (C=O) groups excluding carboxylic acids is 1. The summed E-state index contributed by atoms with van der Waals surface area (Å²) in [4.78, 5) is 24.7. The van der Waals surface area contributed by atoms with Gasteiger partial charge in [0.05, 0.1) is 35.8 Å². The number of benzene rings is 1. The first-order valence-electron chi connectivity index (χ1n) is 8.59. The number of hydrogen-bond acceptors (Lipinski definition) is 5. The number of ether oxygens (including phenoxy) is 1. The van der Waals surface area contributed by atoms with Crippen molar-refractivity contribution in [1.29, 1.82) is 0 Å². The summed E-state index contributed by atoms with van der Waals surface area (Å²) in [6.07, 6.45) is 4.74. The Balaban J connectivity index is 1.45. The predicted octanol–water partition coefficient (Wildman–Crippen LogP) is 3.32. The normalized spacial score (nSPS) is 23.9. The monoisotopic (exact) mass is 373 g/mol. The summed E-state index contributed by atoms with van der Waals surface area (Å²) < 4.78 is 11.1. The highest BCUT2D eigenvalue weighted by molar-refractivity contribution is 7.98. The summed E-state index contributed by atoms with van der Waals surface area (Å²) >= 11 is 1.39. The van der Waals surface area contributed by atoms with Gasteiger partial charge >= 0.3 is 5.97 Å². The van der Waals surface area contributed by atoms with Gasteiger partial charge in [-0.05, 0) is 37.5 Å². The first-order chi connectivity index (χ1) is 12.6. The van der Waals surface area contributed by atoms with Gasteiger partial charge in [0, 0.05) is 4.90 Å². The van der Waals surface area contributed by atoms with E-state index in [1.54, 1.807) is 6.07 Å². The van der Waals surface area contributed by atoms with Crippen LogP contribution in [0.3, 0.4) is 0 Å². The van der Waals surface area contributed by atoms with Crippen molar-refractivity contribution >= 4 is 23.6 Å². The molecule has 4 rings (SSSR count). The van der Waals surface area contributed by atoms with Gasteiger partial charge in [-0.1, -0.05) is 12.1 Å². The summed E-state index contributed by atoms with van der Waals surface area (Å²) in [7, 11) is 0. The lowest BCUT2D eigenvalue weighted by atomic mass is 9.95. The van der Waals surface area contributed by atoms with E-state index in [4.69, 9.17) is 14.3 Å². The molecule has 0 aliphatic carbocycles. The number of furan rings is 1. The molecule has 7 heteroatoms. The van der Waals surface area contributed by atoms with Crippen molar-refractivity contribution in [2.75, 3.05) is 0 Å². The van der Waals surface area contributed by atoms with Gasteiger partial charge in [-0.25, -0.2) is 4.79 Å². The van der Waals surface area contributed by atoms with E-state index in [0.29, 0.717) is 17.1 Å². The highest BCUT2D eigenvalue weighted by Gasteiger charge is 2.41. The van der Waals surface area contributed by atoms with Crippen molar-refractivity contribution in [2.24, 2.45) is 0 Å². The minimum atomic E-state index is -1.02. The van der Waals surface area contributed by atoms with Crippen molar-refractivity contribution in [3.63, 3.8) is 0 Å². The van der Waals surface area contributed by atoms with Gasteiger partial charge in [0.25, 0.3) is 5.91 Å². The van der Waals surface area contributed by atoms with E-state index in [9.17, 15) is 9.59 Å². The maximum absolute atomic E-state index is 12.7. The predicted molar refractivity (Wildman–Crippen MR) is 95.4 cm³/mol. The largest absolute Gasteiger partial charge is 0.478 e. The Morgan fingerprint density at radius 1 is 1.19 bits per heavy atom. The van der Waals surface area contributed by atoms with Crippen LogP contribution in [-0.2, 0) is 10.5 Å². The molecule has 0 spiro atoms.